The molecular formula is C14H9Cl2FO3S. The van der Waals surface area contributed by atoms with Gasteiger partial charge in [0, 0.05) is 0 Å². The van der Waals surface area contributed by atoms with Gasteiger partial charge in [0.2, 0.25) is 0 Å². The lowest BCUT2D eigenvalue weighted by atomic mass is 10.1. The molecule has 0 unspecified atom stereocenters. The van der Waals surface area contributed by atoms with E-state index in [4.69, 9.17) is 23.2 Å². The van der Waals surface area contributed by atoms with Crippen molar-refractivity contribution in [2.75, 3.05) is 5.75 Å². The number of carbonyl (C=O) groups is 1. The smallest absolute Gasteiger partial charge is 0.185 e. The number of rotatable bonds is 4. The van der Waals surface area contributed by atoms with Gasteiger partial charge in [-0.2, -0.15) is 0 Å². The van der Waals surface area contributed by atoms with E-state index in [0.29, 0.717) is 0 Å². The standard InChI is InChI=1S/C14H9Cl2FO3S/c15-11-6-5-9(7-12(11)16)21(19,20)8-14(18)10-3-1-2-4-13(10)17/h1-7H,8H2. The molecule has 2 rings (SSSR count). The molecule has 0 radical (unpaired) electrons. The minimum Gasteiger partial charge on any atom is -0.293 e. The summed E-state index contributed by atoms with van der Waals surface area (Å²) >= 11 is 11.5. The van der Waals surface area contributed by atoms with Crippen molar-refractivity contribution in [2.45, 2.75) is 4.90 Å². The number of carbonyl (C=O) groups excluding carboxylic acids is 1. The average Bonchev–Trinajstić information content (AvgIpc) is 2.41. The summed E-state index contributed by atoms with van der Waals surface area (Å²) in [4.78, 5) is 11.8. The predicted octanol–water partition coefficient (Wildman–Crippen LogP) is 3.79. The molecule has 0 saturated carbocycles. The fourth-order valence-corrected chi connectivity index (χ4v) is 3.29. The summed E-state index contributed by atoms with van der Waals surface area (Å²) in [7, 11) is -3.92. The second-order valence-corrected chi connectivity index (χ2v) is 7.04. The van der Waals surface area contributed by atoms with Crippen LogP contribution in [0.1, 0.15) is 10.4 Å². The Hall–Kier alpha value is -1.43. The van der Waals surface area contributed by atoms with Crippen LogP contribution in [-0.4, -0.2) is 20.0 Å². The molecule has 3 nitrogen and oxygen atoms in total. The third-order valence-corrected chi connectivity index (χ3v) is 5.10. The van der Waals surface area contributed by atoms with Gasteiger partial charge in [0.15, 0.2) is 15.6 Å². The van der Waals surface area contributed by atoms with Crippen LogP contribution in [-0.2, 0) is 9.84 Å². The van der Waals surface area contributed by atoms with Crippen LogP contribution >= 0.6 is 23.2 Å². The molecule has 0 N–H and O–H groups in total. The fraction of sp³-hybridized carbons (Fsp3) is 0.0714. The Morgan fingerprint density at radius 2 is 1.71 bits per heavy atom. The van der Waals surface area contributed by atoms with Crippen LogP contribution in [0.15, 0.2) is 47.4 Å². The van der Waals surface area contributed by atoms with Gasteiger partial charge in [0.25, 0.3) is 0 Å². The molecule has 0 fully saturated rings. The van der Waals surface area contributed by atoms with Crippen molar-refractivity contribution in [3.63, 3.8) is 0 Å². The molecule has 0 saturated heterocycles. The molecule has 0 aliphatic heterocycles. The highest BCUT2D eigenvalue weighted by Crippen LogP contribution is 2.25. The van der Waals surface area contributed by atoms with Gasteiger partial charge < -0.3 is 0 Å². The maximum absolute atomic E-state index is 13.5. The highest BCUT2D eigenvalue weighted by molar-refractivity contribution is 7.92. The lowest BCUT2D eigenvalue weighted by molar-refractivity contribution is 0.101. The first kappa shape index (κ1) is 15.9. The normalized spacial score (nSPS) is 11.4. The average molecular weight is 347 g/mol. The Balaban J connectivity index is 2.31. The van der Waals surface area contributed by atoms with Crippen molar-refractivity contribution < 1.29 is 17.6 Å². The minimum absolute atomic E-state index is 0.0658. The Kier molecular flexibility index (Phi) is 4.66. The topological polar surface area (TPSA) is 51.2 Å². The van der Waals surface area contributed by atoms with E-state index in [1.165, 1.54) is 30.3 Å². The Labute approximate surface area is 131 Å². The number of hydrogen-bond acceptors (Lipinski definition) is 3. The third-order valence-electron chi connectivity index (χ3n) is 2.75. The Morgan fingerprint density at radius 3 is 2.33 bits per heavy atom. The zero-order chi connectivity index (χ0) is 15.6. The zero-order valence-corrected chi connectivity index (χ0v) is 12.8. The van der Waals surface area contributed by atoms with Crippen LogP contribution in [0, 0.1) is 5.82 Å². The van der Waals surface area contributed by atoms with Crippen LogP contribution < -0.4 is 0 Å². The van der Waals surface area contributed by atoms with E-state index in [1.807, 2.05) is 0 Å². The third kappa shape index (κ3) is 3.61. The number of sulfone groups is 1. The molecule has 0 heterocycles. The van der Waals surface area contributed by atoms with Gasteiger partial charge in [-0.15, -0.1) is 0 Å². The highest BCUT2D eigenvalue weighted by Gasteiger charge is 2.22. The SMILES string of the molecule is O=C(CS(=O)(=O)c1ccc(Cl)c(Cl)c1)c1ccccc1F. The molecule has 21 heavy (non-hydrogen) atoms. The highest BCUT2D eigenvalue weighted by atomic mass is 35.5. The van der Waals surface area contributed by atoms with Crippen LogP contribution in [0.3, 0.4) is 0 Å². The number of halogens is 3. The summed E-state index contributed by atoms with van der Waals surface area (Å²) in [6.45, 7) is 0. The number of ketones is 1. The van der Waals surface area contributed by atoms with Gasteiger partial charge in [0.05, 0.1) is 20.5 Å². The van der Waals surface area contributed by atoms with Crippen LogP contribution in [0.25, 0.3) is 0 Å². The molecule has 0 spiro atoms. The number of Topliss-reactive ketones (excluding diaryl/α,β-unsaturated/α-hetero) is 1. The van der Waals surface area contributed by atoms with Crippen molar-refractivity contribution in [1.29, 1.82) is 0 Å². The molecule has 7 heteroatoms. The van der Waals surface area contributed by atoms with Crippen molar-refractivity contribution in [1.82, 2.24) is 0 Å². The van der Waals surface area contributed by atoms with E-state index in [1.54, 1.807) is 0 Å². The van der Waals surface area contributed by atoms with Gasteiger partial charge in [-0.3, -0.25) is 4.79 Å². The van der Waals surface area contributed by atoms with E-state index >= 15 is 0 Å². The first-order chi connectivity index (χ1) is 9.81. The quantitative estimate of drug-likeness (QED) is 0.791. The lowest BCUT2D eigenvalue weighted by Crippen LogP contribution is -2.17. The first-order valence-electron chi connectivity index (χ1n) is 5.77. The zero-order valence-electron chi connectivity index (χ0n) is 10.5. The molecule has 2 aromatic rings. The van der Waals surface area contributed by atoms with Gasteiger partial charge in [-0.25, -0.2) is 12.8 Å². The van der Waals surface area contributed by atoms with Crippen molar-refractivity contribution in [2.24, 2.45) is 0 Å². The van der Waals surface area contributed by atoms with Crippen molar-refractivity contribution in [3.05, 3.63) is 63.9 Å². The molecular weight excluding hydrogens is 338 g/mol. The molecule has 110 valence electrons. The second kappa shape index (κ2) is 6.13. The fourth-order valence-electron chi connectivity index (χ4n) is 1.69. The van der Waals surface area contributed by atoms with Crippen molar-refractivity contribution in [3.8, 4) is 0 Å². The van der Waals surface area contributed by atoms with Crippen molar-refractivity contribution >= 4 is 38.8 Å². The maximum Gasteiger partial charge on any atom is 0.185 e. The van der Waals surface area contributed by atoms with E-state index in [-0.39, 0.29) is 20.5 Å². The summed E-state index contributed by atoms with van der Waals surface area (Å²) < 4.78 is 37.8. The number of benzene rings is 2. The Morgan fingerprint density at radius 1 is 1.05 bits per heavy atom. The van der Waals surface area contributed by atoms with E-state index in [0.717, 1.165) is 12.1 Å². The van der Waals surface area contributed by atoms with E-state index in [9.17, 15) is 17.6 Å². The molecule has 0 aromatic heterocycles. The predicted molar refractivity (Wildman–Crippen MR) is 79.2 cm³/mol. The molecule has 2 aromatic carbocycles. The summed E-state index contributed by atoms with van der Waals surface area (Å²) in [5.74, 6) is -2.42. The van der Waals surface area contributed by atoms with Crippen LogP contribution in [0.2, 0.25) is 10.0 Å². The monoisotopic (exact) mass is 346 g/mol. The van der Waals surface area contributed by atoms with Gasteiger partial charge in [-0.05, 0) is 30.3 Å². The molecule has 0 bridgehead atoms. The summed E-state index contributed by atoms with van der Waals surface area (Å²) in [6, 6.07) is 8.94. The van der Waals surface area contributed by atoms with Gasteiger partial charge >= 0.3 is 0 Å². The molecule has 0 atom stereocenters. The lowest BCUT2D eigenvalue weighted by Gasteiger charge is -2.06. The van der Waals surface area contributed by atoms with E-state index < -0.39 is 27.2 Å². The van der Waals surface area contributed by atoms with Gasteiger partial charge in [0.1, 0.15) is 11.6 Å². The summed E-state index contributed by atoms with van der Waals surface area (Å²) in [5, 5.41) is 0.270. The summed E-state index contributed by atoms with van der Waals surface area (Å²) in [5.41, 5.74) is -0.263. The largest absolute Gasteiger partial charge is 0.293 e. The van der Waals surface area contributed by atoms with E-state index in [2.05, 4.69) is 0 Å². The maximum atomic E-state index is 13.5. The molecule has 0 aliphatic carbocycles. The molecule has 0 aliphatic rings. The Bertz CT molecular complexity index is 804. The van der Waals surface area contributed by atoms with Crippen LogP contribution in [0.5, 0.6) is 0 Å². The first-order valence-corrected chi connectivity index (χ1v) is 8.17. The number of hydrogen-bond donors (Lipinski definition) is 0. The molecule has 0 amide bonds. The summed E-state index contributed by atoms with van der Waals surface area (Å²) in [6.07, 6.45) is 0. The second-order valence-electron chi connectivity index (χ2n) is 4.24. The van der Waals surface area contributed by atoms with Crippen LogP contribution in [0.4, 0.5) is 4.39 Å². The minimum atomic E-state index is -3.92. The van der Waals surface area contributed by atoms with Gasteiger partial charge in [-0.1, -0.05) is 35.3 Å².